The molecule has 0 fully saturated rings. The number of anilines is 1. The Kier molecular flexibility index (Phi) is 5.93. The first-order valence-electron chi connectivity index (χ1n) is 8.66. The summed E-state index contributed by atoms with van der Waals surface area (Å²) < 4.78 is 23.3. The molecule has 0 bridgehead atoms. The van der Waals surface area contributed by atoms with Crippen molar-refractivity contribution in [3.63, 3.8) is 0 Å². The Morgan fingerprint density at radius 2 is 2.11 bits per heavy atom. The number of methoxy groups -OCH3 is 1. The van der Waals surface area contributed by atoms with Crippen molar-refractivity contribution >= 4 is 34.3 Å². The van der Waals surface area contributed by atoms with Crippen LogP contribution in [0.15, 0.2) is 24.3 Å². The first kappa shape index (κ1) is 19.8. The summed E-state index contributed by atoms with van der Waals surface area (Å²) in [6.45, 7) is 2.67. The van der Waals surface area contributed by atoms with Crippen molar-refractivity contribution in [2.45, 2.75) is 19.9 Å². The molecule has 2 aromatic rings. The second kappa shape index (κ2) is 8.39. The molecule has 1 aromatic carbocycles. The standard InChI is InChI=1S/C19H19FN2O5S/c1-3-27-19(25)22-8-7-13-14(10-22)28-17(15(13)18(24)26-2)21-16(23)11-5-4-6-12(20)9-11/h4-6,9H,3,7-8,10H2,1-2H3,(H,21,23). The number of rotatable bonds is 4. The molecule has 1 N–H and O–H groups in total. The minimum Gasteiger partial charge on any atom is -0.465 e. The summed E-state index contributed by atoms with van der Waals surface area (Å²) in [7, 11) is 1.26. The molecule has 0 atom stereocenters. The normalized spacial score (nSPS) is 12.9. The number of ether oxygens (including phenoxy) is 2. The van der Waals surface area contributed by atoms with Crippen LogP contribution in [-0.4, -0.2) is 43.1 Å². The molecule has 0 unspecified atom stereocenters. The van der Waals surface area contributed by atoms with Gasteiger partial charge in [0.25, 0.3) is 5.91 Å². The lowest BCUT2D eigenvalue weighted by Crippen LogP contribution is -2.36. The smallest absolute Gasteiger partial charge is 0.410 e. The highest BCUT2D eigenvalue weighted by Crippen LogP contribution is 2.38. The van der Waals surface area contributed by atoms with Crippen molar-refractivity contribution in [3.05, 3.63) is 51.7 Å². The SMILES string of the molecule is CCOC(=O)N1CCc2c(sc(NC(=O)c3cccc(F)c3)c2C(=O)OC)C1. The molecule has 3 rings (SSSR count). The van der Waals surface area contributed by atoms with Crippen LogP contribution < -0.4 is 5.32 Å². The van der Waals surface area contributed by atoms with Crippen LogP contribution in [-0.2, 0) is 22.4 Å². The van der Waals surface area contributed by atoms with Gasteiger partial charge in [0.2, 0.25) is 0 Å². The summed E-state index contributed by atoms with van der Waals surface area (Å²) in [4.78, 5) is 39.1. The number of benzene rings is 1. The Morgan fingerprint density at radius 3 is 2.79 bits per heavy atom. The Labute approximate surface area is 165 Å². The quantitative estimate of drug-likeness (QED) is 0.787. The van der Waals surface area contributed by atoms with E-state index in [0.29, 0.717) is 18.0 Å². The van der Waals surface area contributed by atoms with Crippen molar-refractivity contribution in [1.82, 2.24) is 4.90 Å². The Balaban J connectivity index is 1.90. The van der Waals surface area contributed by atoms with E-state index in [1.807, 2.05) is 0 Å². The minimum absolute atomic E-state index is 0.135. The molecular weight excluding hydrogens is 387 g/mol. The third-order valence-corrected chi connectivity index (χ3v) is 5.42. The predicted molar refractivity (Wildman–Crippen MR) is 101 cm³/mol. The summed E-state index contributed by atoms with van der Waals surface area (Å²) in [6.07, 6.45) is 0.0109. The van der Waals surface area contributed by atoms with Gasteiger partial charge in [-0.05, 0) is 37.1 Å². The van der Waals surface area contributed by atoms with Gasteiger partial charge in [-0.15, -0.1) is 11.3 Å². The van der Waals surface area contributed by atoms with Gasteiger partial charge < -0.3 is 19.7 Å². The van der Waals surface area contributed by atoms with Crippen LogP contribution in [0.4, 0.5) is 14.2 Å². The molecule has 1 aromatic heterocycles. The van der Waals surface area contributed by atoms with Gasteiger partial charge in [0.15, 0.2) is 0 Å². The molecule has 1 aliphatic rings. The number of hydrogen-bond acceptors (Lipinski definition) is 6. The highest BCUT2D eigenvalue weighted by molar-refractivity contribution is 7.17. The number of esters is 1. The number of fused-ring (bicyclic) bond motifs is 1. The van der Waals surface area contributed by atoms with E-state index < -0.39 is 23.8 Å². The van der Waals surface area contributed by atoms with Crippen molar-refractivity contribution in [2.24, 2.45) is 0 Å². The third kappa shape index (κ3) is 3.99. The number of thiophene rings is 1. The van der Waals surface area contributed by atoms with Gasteiger partial charge in [-0.25, -0.2) is 14.0 Å². The van der Waals surface area contributed by atoms with E-state index in [4.69, 9.17) is 9.47 Å². The first-order chi connectivity index (χ1) is 13.4. The van der Waals surface area contributed by atoms with E-state index in [2.05, 4.69) is 5.32 Å². The molecule has 1 aliphatic heterocycles. The molecule has 0 saturated heterocycles. The van der Waals surface area contributed by atoms with E-state index >= 15 is 0 Å². The van der Waals surface area contributed by atoms with Gasteiger partial charge in [-0.2, -0.15) is 0 Å². The number of carbonyl (C=O) groups is 3. The molecule has 2 amide bonds. The van der Waals surface area contributed by atoms with Gasteiger partial charge in [0.05, 0.1) is 25.8 Å². The average Bonchev–Trinajstić information content (AvgIpc) is 3.04. The Hall–Kier alpha value is -2.94. The highest BCUT2D eigenvalue weighted by Gasteiger charge is 2.31. The summed E-state index contributed by atoms with van der Waals surface area (Å²) in [5.41, 5.74) is 1.15. The first-order valence-corrected chi connectivity index (χ1v) is 9.47. The van der Waals surface area contributed by atoms with Crippen molar-refractivity contribution < 1.29 is 28.2 Å². The number of amides is 2. The van der Waals surface area contributed by atoms with E-state index in [1.165, 1.54) is 36.6 Å². The lowest BCUT2D eigenvalue weighted by Gasteiger charge is -2.26. The fraction of sp³-hybridized carbons (Fsp3) is 0.316. The number of hydrogen-bond donors (Lipinski definition) is 1. The maximum atomic E-state index is 13.4. The molecule has 0 spiro atoms. The highest BCUT2D eigenvalue weighted by atomic mass is 32.1. The molecule has 7 nitrogen and oxygen atoms in total. The van der Waals surface area contributed by atoms with E-state index in [1.54, 1.807) is 11.8 Å². The molecule has 28 heavy (non-hydrogen) atoms. The van der Waals surface area contributed by atoms with Crippen LogP contribution in [0.25, 0.3) is 0 Å². The van der Waals surface area contributed by atoms with Crippen LogP contribution in [0.3, 0.4) is 0 Å². The average molecular weight is 406 g/mol. The van der Waals surface area contributed by atoms with Crippen LogP contribution in [0, 0.1) is 5.82 Å². The summed E-state index contributed by atoms with van der Waals surface area (Å²) >= 11 is 1.20. The van der Waals surface area contributed by atoms with Gasteiger partial charge in [-0.1, -0.05) is 6.07 Å². The second-order valence-electron chi connectivity index (χ2n) is 6.03. The summed E-state index contributed by atoms with van der Waals surface area (Å²) in [6, 6.07) is 5.27. The predicted octanol–water partition coefficient (Wildman–Crippen LogP) is 3.44. The summed E-state index contributed by atoms with van der Waals surface area (Å²) in [5.74, 6) is -1.64. The molecular formula is C19H19FN2O5S. The number of nitrogens with zero attached hydrogens (tertiary/aromatic N) is 1. The molecule has 0 saturated carbocycles. The van der Waals surface area contributed by atoms with Crippen molar-refractivity contribution in [2.75, 3.05) is 25.6 Å². The van der Waals surface area contributed by atoms with Gasteiger partial charge in [-0.3, -0.25) is 4.79 Å². The Bertz CT molecular complexity index is 927. The minimum atomic E-state index is -0.573. The molecule has 9 heteroatoms. The Morgan fingerprint density at radius 1 is 1.32 bits per heavy atom. The van der Waals surface area contributed by atoms with Crippen LogP contribution in [0.2, 0.25) is 0 Å². The van der Waals surface area contributed by atoms with Crippen molar-refractivity contribution in [1.29, 1.82) is 0 Å². The molecule has 148 valence electrons. The van der Waals surface area contributed by atoms with Crippen LogP contribution >= 0.6 is 11.3 Å². The van der Waals surface area contributed by atoms with E-state index in [9.17, 15) is 18.8 Å². The monoisotopic (exact) mass is 406 g/mol. The zero-order valence-electron chi connectivity index (χ0n) is 15.4. The molecule has 2 heterocycles. The third-order valence-electron chi connectivity index (χ3n) is 4.29. The fourth-order valence-electron chi connectivity index (χ4n) is 2.99. The zero-order valence-corrected chi connectivity index (χ0v) is 16.2. The fourth-order valence-corrected chi connectivity index (χ4v) is 4.23. The molecule has 0 aliphatic carbocycles. The maximum Gasteiger partial charge on any atom is 0.410 e. The van der Waals surface area contributed by atoms with E-state index in [0.717, 1.165) is 16.5 Å². The van der Waals surface area contributed by atoms with Gasteiger partial charge >= 0.3 is 12.1 Å². The summed E-state index contributed by atoms with van der Waals surface area (Å²) in [5, 5.41) is 2.99. The topological polar surface area (TPSA) is 84.9 Å². The van der Waals surface area contributed by atoms with Gasteiger partial charge in [0.1, 0.15) is 10.8 Å². The number of halogens is 1. The zero-order chi connectivity index (χ0) is 20.3. The second-order valence-corrected chi connectivity index (χ2v) is 7.14. The van der Waals surface area contributed by atoms with E-state index in [-0.39, 0.29) is 24.3 Å². The molecule has 0 radical (unpaired) electrons. The van der Waals surface area contributed by atoms with Gasteiger partial charge in [0, 0.05) is 17.0 Å². The van der Waals surface area contributed by atoms with Crippen LogP contribution in [0.1, 0.15) is 38.1 Å². The van der Waals surface area contributed by atoms with Crippen molar-refractivity contribution in [3.8, 4) is 0 Å². The lowest BCUT2D eigenvalue weighted by atomic mass is 10.0. The number of carbonyl (C=O) groups excluding carboxylic acids is 3. The largest absolute Gasteiger partial charge is 0.465 e. The lowest BCUT2D eigenvalue weighted by molar-refractivity contribution is 0.0600. The maximum absolute atomic E-state index is 13.4. The number of nitrogens with one attached hydrogen (secondary N) is 1. The van der Waals surface area contributed by atoms with Crippen LogP contribution in [0.5, 0.6) is 0 Å².